The average Bonchev–Trinajstić information content (AvgIpc) is 3.08. The summed E-state index contributed by atoms with van der Waals surface area (Å²) in [4.78, 5) is 5.02. The minimum absolute atomic E-state index is 0.686. The Morgan fingerprint density at radius 1 is 0.909 bits per heavy atom. The van der Waals surface area contributed by atoms with Crippen molar-refractivity contribution in [3.63, 3.8) is 0 Å². The van der Waals surface area contributed by atoms with Gasteiger partial charge in [-0.2, -0.15) is 0 Å². The van der Waals surface area contributed by atoms with Crippen molar-refractivity contribution in [1.29, 1.82) is 0 Å². The smallest absolute Gasteiger partial charge is 0.127 e. The van der Waals surface area contributed by atoms with Crippen LogP contribution in [0.2, 0.25) is 0 Å². The molecule has 0 saturated carbocycles. The average molecular weight is 294 g/mol. The fraction of sp³-hybridized carbons (Fsp3) is 0.368. The van der Waals surface area contributed by atoms with Crippen LogP contribution in [0.3, 0.4) is 0 Å². The van der Waals surface area contributed by atoms with Crippen molar-refractivity contribution in [1.82, 2.24) is 4.90 Å². The monoisotopic (exact) mass is 294 g/mol. The minimum Gasteiger partial charge on any atom is -0.457 e. The molecule has 0 spiro atoms. The lowest BCUT2D eigenvalue weighted by molar-refractivity contribution is 0.386. The predicted molar refractivity (Wildman–Crippen MR) is 89.7 cm³/mol. The third kappa shape index (κ3) is 2.57. The van der Waals surface area contributed by atoms with Crippen molar-refractivity contribution >= 4 is 5.69 Å². The molecule has 0 aliphatic carbocycles. The van der Waals surface area contributed by atoms with Crippen LogP contribution in [0.5, 0.6) is 11.5 Å². The van der Waals surface area contributed by atoms with Crippen LogP contribution in [-0.2, 0) is 0 Å². The molecular weight excluding hydrogens is 272 g/mol. The molecule has 22 heavy (non-hydrogen) atoms. The molecule has 2 aromatic carbocycles. The summed E-state index contributed by atoms with van der Waals surface area (Å²) in [5.74, 6) is 2.62. The first-order chi connectivity index (χ1) is 10.8. The highest BCUT2D eigenvalue weighted by Gasteiger charge is 2.39. The summed E-state index contributed by atoms with van der Waals surface area (Å²) in [5, 5.41) is 0. The maximum Gasteiger partial charge on any atom is 0.127 e. The number of likely N-dealkylation sites (tertiary alicyclic amines) is 1. The van der Waals surface area contributed by atoms with Gasteiger partial charge in [0.25, 0.3) is 0 Å². The SMILES string of the molecule is CN1C[C@H]2CCN(c3ccc(Oc4ccccc4)cc3)[C@H]2C1. The Morgan fingerprint density at radius 3 is 2.41 bits per heavy atom. The zero-order chi connectivity index (χ0) is 14.9. The van der Waals surface area contributed by atoms with E-state index in [1.54, 1.807) is 0 Å². The van der Waals surface area contributed by atoms with Gasteiger partial charge in [0.05, 0.1) is 0 Å². The number of likely N-dealkylation sites (N-methyl/N-ethyl adjacent to an activating group) is 1. The molecule has 0 aromatic heterocycles. The van der Waals surface area contributed by atoms with Crippen molar-refractivity contribution in [3.05, 3.63) is 54.6 Å². The second-order valence-electron chi connectivity index (χ2n) is 6.44. The summed E-state index contributed by atoms with van der Waals surface area (Å²) in [5.41, 5.74) is 1.32. The summed E-state index contributed by atoms with van der Waals surface area (Å²) >= 11 is 0. The van der Waals surface area contributed by atoms with Crippen LogP contribution in [0.4, 0.5) is 5.69 Å². The quantitative estimate of drug-likeness (QED) is 0.860. The molecule has 3 heteroatoms. The topological polar surface area (TPSA) is 15.7 Å². The highest BCUT2D eigenvalue weighted by Crippen LogP contribution is 2.35. The van der Waals surface area contributed by atoms with Gasteiger partial charge in [-0.15, -0.1) is 0 Å². The molecule has 0 unspecified atom stereocenters. The normalized spacial score (nSPS) is 24.5. The number of rotatable bonds is 3. The number of nitrogens with zero attached hydrogens (tertiary/aromatic N) is 2. The second-order valence-corrected chi connectivity index (χ2v) is 6.44. The highest BCUT2D eigenvalue weighted by molar-refractivity contribution is 5.52. The molecule has 114 valence electrons. The van der Waals surface area contributed by atoms with E-state index in [-0.39, 0.29) is 0 Å². The summed E-state index contributed by atoms with van der Waals surface area (Å²) in [6, 6.07) is 19.2. The number of ether oxygens (including phenoxy) is 1. The van der Waals surface area contributed by atoms with E-state index in [0.29, 0.717) is 6.04 Å². The van der Waals surface area contributed by atoms with Crippen LogP contribution < -0.4 is 9.64 Å². The Bertz CT molecular complexity index is 626. The number of anilines is 1. The summed E-state index contributed by atoms with van der Waals surface area (Å²) < 4.78 is 5.87. The maximum atomic E-state index is 5.87. The zero-order valence-electron chi connectivity index (χ0n) is 13.0. The van der Waals surface area contributed by atoms with Gasteiger partial charge in [-0.25, -0.2) is 0 Å². The van der Waals surface area contributed by atoms with Gasteiger partial charge < -0.3 is 14.5 Å². The van der Waals surface area contributed by atoms with E-state index in [2.05, 4.69) is 41.1 Å². The predicted octanol–water partition coefficient (Wildman–Crippen LogP) is 3.62. The Balaban J connectivity index is 1.48. The molecule has 2 fully saturated rings. The molecule has 2 aliphatic heterocycles. The number of hydrogen-bond acceptors (Lipinski definition) is 3. The number of hydrogen-bond donors (Lipinski definition) is 0. The van der Waals surface area contributed by atoms with Gasteiger partial charge >= 0.3 is 0 Å². The van der Waals surface area contributed by atoms with Gasteiger partial charge in [-0.1, -0.05) is 18.2 Å². The van der Waals surface area contributed by atoms with E-state index < -0.39 is 0 Å². The van der Waals surface area contributed by atoms with Crippen molar-refractivity contribution in [2.45, 2.75) is 12.5 Å². The molecule has 2 saturated heterocycles. The molecule has 0 amide bonds. The van der Waals surface area contributed by atoms with Gasteiger partial charge in [0.2, 0.25) is 0 Å². The van der Waals surface area contributed by atoms with Crippen molar-refractivity contribution < 1.29 is 4.74 Å². The molecule has 0 N–H and O–H groups in total. The molecule has 2 aliphatic rings. The van der Waals surface area contributed by atoms with Crippen LogP contribution in [0.15, 0.2) is 54.6 Å². The van der Waals surface area contributed by atoms with Gasteiger partial charge in [0, 0.05) is 31.4 Å². The zero-order valence-corrected chi connectivity index (χ0v) is 13.0. The molecule has 2 aromatic rings. The molecule has 0 bridgehead atoms. The Morgan fingerprint density at radius 2 is 1.64 bits per heavy atom. The first-order valence-electron chi connectivity index (χ1n) is 8.08. The van der Waals surface area contributed by atoms with E-state index in [9.17, 15) is 0 Å². The lowest BCUT2D eigenvalue weighted by Gasteiger charge is -2.26. The van der Waals surface area contributed by atoms with Crippen molar-refractivity contribution in [3.8, 4) is 11.5 Å². The first-order valence-corrected chi connectivity index (χ1v) is 8.08. The first kappa shape index (κ1) is 13.6. The number of benzene rings is 2. The second kappa shape index (κ2) is 5.65. The maximum absolute atomic E-state index is 5.87. The van der Waals surface area contributed by atoms with Crippen LogP contribution in [0.25, 0.3) is 0 Å². The molecule has 3 nitrogen and oxygen atoms in total. The van der Waals surface area contributed by atoms with E-state index in [4.69, 9.17) is 4.74 Å². The van der Waals surface area contributed by atoms with E-state index in [0.717, 1.165) is 17.4 Å². The van der Waals surface area contributed by atoms with Crippen LogP contribution in [0, 0.1) is 5.92 Å². The lowest BCUT2D eigenvalue weighted by atomic mass is 10.1. The molecule has 4 rings (SSSR count). The molecule has 2 heterocycles. The third-order valence-electron chi connectivity index (χ3n) is 4.88. The third-order valence-corrected chi connectivity index (χ3v) is 4.88. The fourth-order valence-electron chi connectivity index (χ4n) is 3.82. The van der Waals surface area contributed by atoms with Gasteiger partial charge in [0.1, 0.15) is 11.5 Å². The molecular formula is C19H22N2O. The van der Waals surface area contributed by atoms with E-state index in [1.807, 2.05) is 30.3 Å². The van der Waals surface area contributed by atoms with Crippen molar-refractivity contribution in [2.75, 3.05) is 31.6 Å². The Labute approximate surface area is 132 Å². The Kier molecular flexibility index (Phi) is 3.51. The highest BCUT2D eigenvalue weighted by atomic mass is 16.5. The molecule has 2 atom stereocenters. The Hall–Kier alpha value is -2.00. The van der Waals surface area contributed by atoms with E-state index in [1.165, 1.54) is 31.7 Å². The standard InChI is InChI=1S/C19H22N2O/c1-20-13-15-11-12-21(19(15)14-20)16-7-9-18(10-8-16)22-17-5-3-2-4-6-17/h2-10,15,19H,11-14H2,1H3/t15-,19+/m1/s1. The van der Waals surface area contributed by atoms with Gasteiger partial charge in [-0.3, -0.25) is 0 Å². The minimum atomic E-state index is 0.686. The van der Waals surface area contributed by atoms with Crippen LogP contribution in [0.1, 0.15) is 6.42 Å². The lowest BCUT2D eigenvalue weighted by Crippen LogP contribution is -2.34. The fourth-order valence-corrected chi connectivity index (χ4v) is 3.82. The van der Waals surface area contributed by atoms with Crippen LogP contribution in [-0.4, -0.2) is 37.6 Å². The largest absolute Gasteiger partial charge is 0.457 e. The number of fused-ring (bicyclic) bond motifs is 1. The summed E-state index contributed by atoms with van der Waals surface area (Å²) in [6.45, 7) is 3.62. The van der Waals surface area contributed by atoms with Crippen molar-refractivity contribution in [2.24, 2.45) is 5.92 Å². The summed E-state index contributed by atoms with van der Waals surface area (Å²) in [6.07, 6.45) is 1.32. The van der Waals surface area contributed by atoms with Gasteiger partial charge in [-0.05, 0) is 55.8 Å². The molecule has 0 radical (unpaired) electrons. The van der Waals surface area contributed by atoms with Gasteiger partial charge in [0.15, 0.2) is 0 Å². The number of para-hydroxylation sites is 1. The summed E-state index contributed by atoms with van der Waals surface area (Å²) in [7, 11) is 2.23. The van der Waals surface area contributed by atoms with Crippen LogP contribution >= 0.6 is 0 Å². The van der Waals surface area contributed by atoms with E-state index >= 15 is 0 Å².